The second kappa shape index (κ2) is 5.17. The summed E-state index contributed by atoms with van der Waals surface area (Å²) in [7, 11) is 0. The maximum absolute atomic E-state index is 9.38. The summed E-state index contributed by atoms with van der Waals surface area (Å²) in [6.07, 6.45) is 3.70. The Bertz CT molecular complexity index is 1020. The summed E-state index contributed by atoms with van der Waals surface area (Å²) >= 11 is 0. The van der Waals surface area contributed by atoms with Crippen LogP contribution in [-0.2, 0) is 0 Å². The van der Waals surface area contributed by atoms with Gasteiger partial charge in [0.15, 0.2) is 5.65 Å². The molecule has 0 atom stereocenters. The average molecular weight is 303 g/mol. The Morgan fingerprint density at radius 3 is 2.61 bits per heavy atom. The third-order valence-electron chi connectivity index (χ3n) is 3.62. The standard InChI is InChI=1S/C17H13N5O/c1-11-14(10-12-5-7-13(23)8-6-12)16-19-20-17(22(16)21-11)15-4-2-3-9-18-15/h2-10,23H,1H3/b14-10+. The van der Waals surface area contributed by atoms with E-state index >= 15 is 0 Å². The molecule has 3 heterocycles. The third-order valence-corrected chi connectivity index (χ3v) is 3.62. The van der Waals surface area contributed by atoms with Crippen LogP contribution in [0.4, 0.5) is 0 Å². The number of nitrogens with zero attached hydrogens (tertiary/aromatic N) is 5. The maximum atomic E-state index is 9.38. The van der Waals surface area contributed by atoms with Crippen molar-refractivity contribution in [3.05, 3.63) is 65.1 Å². The molecule has 6 nitrogen and oxygen atoms in total. The van der Waals surface area contributed by atoms with Crippen LogP contribution in [0, 0.1) is 6.92 Å². The lowest BCUT2D eigenvalue weighted by Gasteiger charge is -1.93. The van der Waals surface area contributed by atoms with E-state index in [2.05, 4.69) is 20.3 Å². The molecule has 4 aromatic rings. The number of hydrogen-bond donors (Lipinski definition) is 1. The fourth-order valence-electron chi connectivity index (χ4n) is 2.47. The minimum atomic E-state index is 0.240. The molecule has 23 heavy (non-hydrogen) atoms. The molecule has 0 amide bonds. The van der Waals surface area contributed by atoms with Gasteiger partial charge in [-0.1, -0.05) is 18.2 Å². The smallest absolute Gasteiger partial charge is 0.203 e. The van der Waals surface area contributed by atoms with E-state index in [0.29, 0.717) is 11.5 Å². The van der Waals surface area contributed by atoms with E-state index in [-0.39, 0.29) is 5.75 Å². The molecule has 1 aromatic carbocycles. The van der Waals surface area contributed by atoms with Crippen LogP contribution in [0.15, 0.2) is 48.7 Å². The number of benzene rings is 1. The first-order valence-electron chi connectivity index (χ1n) is 7.16. The van der Waals surface area contributed by atoms with Gasteiger partial charge in [0.05, 0.1) is 5.69 Å². The van der Waals surface area contributed by atoms with E-state index in [4.69, 9.17) is 0 Å². The molecular formula is C17H13N5O. The molecule has 0 saturated heterocycles. The van der Waals surface area contributed by atoms with Crippen molar-refractivity contribution in [2.24, 2.45) is 0 Å². The van der Waals surface area contributed by atoms with Crippen LogP contribution in [0.2, 0.25) is 0 Å². The van der Waals surface area contributed by atoms with Crippen molar-refractivity contribution >= 4 is 11.7 Å². The lowest BCUT2D eigenvalue weighted by atomic mass is 10.2. The van der Waals surface area contributed by atoms with Crippen LogP contribution in [0.3, 0.4) is 0 Å². The van der Waals surface area contributed by atoms with Crippen molar-refractivity contribution in [1.82, 2.24) is 24.8 Å². The van der Waals surface area contributed by atoms with E-state index in [0.717, 1.165) is 22.2 Å². The topological polar surface area (TPSA) is 76.2 Å². The number of fused-ring (bicyclic) bond motifs is 1. The summed E-state index contributed by atoms with van der Waals surface area (Å²) < 4.78 is 1.71. The predicted molar refractivity (Wildman–Crippen MR) is 85.6 cm³/mol. The first-order chi connectivity index (χ1) is 11.2. The molecule has 0 radical (unpaired) electrons. The molecule has 3 aromatic heterocycles. The van der Waals surface area contributed by atoms with Gasteiger partial charge in [-0.05, 0) is 42.8 Å². The number of aromatic nitrogens is 5. The van der Waals surface area contributed by atoms with Crippen molar-refractivity contribution in [3.63, 3.8) is 0 Å². The van der Waals surface area contributed by atoms with Gasteiger partial charge in [-0.25, -0.2) is 0 Å². The minimum Gasteiger partial charge on any atom is -0.508 e. The molecule has 0 aliphatic carbocycles. The summed E-state index contributed by atoms with van der Waals surface area (Å²) in [5.41, 5.74) is 3.24. The minimum absolute atomic E-state index is 0.240. The zero-order chi connectivity index (χ0) is 15.8. The first-order valence-corrected chi connectivity index (χ1v) is 7.16. The summed E-state index contributed by atoms with van der Waals surface area (Å²) in [6, 6.07) is 12.6. The maximum Gasteiger partial charge on any atom is 0.203 e. The van der Waals surface area contributed by atoms with Gasteiger partial charge in [-0.3, -0.25) is 4.98 Å². The van der Waals surface area contributed by atoms with E-state index in [1.54, 1.807) is 22.8 Å². The molecule has 0 unspecified atom stereocenters. The van der Waals surface area contributed by atoms with E-state index < -0.39 is 0 Å². The van der Waals surface area contributed by atoms with Crippen molar-refractivity contribution in [2.75, 3.05) is 0 Å². The van der Waals surface area contributed by atoms with Crippen LogP contribution >= 0.6 is 0 Å². The Balaban J connectivity index is 1.91. The van der Waals surface area contributed by atoms with Crippen LogP contribution in [-0.4, -0.2) is 29.9 Å². The molecule has 0 spiro atoms. The van der Waals surface area contributed by atoms with Crippen LogP contribution in [0.25, 0.3) is 23.2 Å². The Labute approximate surface area is 131 Å². The fourth-order valence-corrected chi connectivity index (χ4v) is 2.47. The highest BCUT2D eigenvalue weighted by molar-refractivity contribution is 5.61. The molecule has 0 aliphatic heterocycles. The van der Waals surface area contributed by atoms with E-state index in [1.807, 2.05) is 43.3 Å². The van der Waals surface area contributed by atoms with Crippen molar-refractivity contribution in [2.45, 2.75) is 6.92 Å². The number of phenolic OH excluding ortho intramolecular Hbond substituents is 1. The quantitative estimate of drug-likeness (QED) is 0.610. The second-order valence-corrected chi connectivity index (χ2v) is 5.21. The summed E-state index contributed by atoms with van der Waals surface area (Å²) in [4.78, 5) is 4.30. The lowest BCUT2D eigenvalue weighted by Crippen LogP contribution is -2.03. The second-order valence-electron chi connectivity index (χ2n) is 5.21. The molecule has 0 saturated carbocycles. The van der Waals surface area contributed by atoms with Gasteiger partial charge in [0.2, 0.25) is 5.82 Å². The number of pyridine rings is 1. The Hall–Kier alpha value is -3.28. The molecule has 6 heteroatoms. The van der Waals surface area contributed by atoms with Gasteiger partial charge in [0.1, 0.15) is 11.4 Å². The first kappa shape index (κ1) is 13.4. The molecule has 112 valence electrons. The zero-order valence-corrected chi connectivity index (χ0v) is 12.4. The summed E-state index contributed by atoms with van der Waals surface area (Å²) in [5, 5.41) is 23.3. The van der Waals surface area contributed by atoms with Crippen molar-refractivity contribution in [1.29, 1.82) is 0 Å². The highest BCUT2D eigenvalue weighted by Gasteiger charge is 2.14. The lowest BCUT2D eigenvalue weighted by molar-refractivity contribution is 0.475. The number of aryl methyl sites for hydroxylation is 1. The molecule has 0 fully saturated rings. The Morgan fingerprint density at radius 2 is 1.87 bits per heavy atom. The highest BCUT2D eigenvalue weighted by Crippen LogP contribution is 2.14. The largest absolute Gasteiger partial charge is 0.508 e. The van der Waals surface area contributed by atoms with Gasteiger partial charge in [0.25, 0.3) is 0 Å². The predicted octanol–water partition coefficient (Wildman–Crippen LogP) is 1.75. The Morgan fingerprint density at radius 1 is 1.04 bits per heavy atom. The number of phenols is 1. The van der Waals surface area contributed by atoms with Gasteiger partial charge < -0.3 is 5.11 Å². The SMILES string of the molecule is Cc1nn2c(-c3ccccn3)nnc2/c1=C/c1ccc(O)cc1. The molecule has 4 rings (SSSR count). The van der Waals surface area contributed by atoms with Crippen LogP contribution < -0.4 is 5.22 Å². The van der Waals surface area contributed by atoms with Crippen LogP contribution in [0.1, 0.15) is 11.3 Å². The summed E-state index contributed by atoms with van der Waals surface area (Å²) in [5.74, 6) is 0.860. The van der Waals surface area contributed by atoms with E-state index in [9.17, 15) is 5.11 Å². The van der Waals surface area contributed by atoms with E-state index in [1.165, 1.54) is 0 Å². The molecule has 1 N–H and O–H groups in total. The van der Waals surface area contributed by atoms with Crippen molar-refractivity contribution in [3.8, 4) is 17.3 Å². The van der Waals surface area contributed by atoms with Gasteiger partial charge in [-0.2, -0.15) is 9.61 Å². The fraction of sp³-hybridized carbons (Fsp3) is 0.0588. The monoisotopic (exact) mass is 303 g/mol. The Kier molecular flexibility index (Phi) is 3.01. The number of aromatic hydroxyl groups is 1. The van der Waals surface area contributed by atoms with Crippen LogP contribution in [0.5, 0.6) is 5.75 Å². The molecule has 0 aliphatic rings. The highest BCUT2D eigenvalue weighted by atomic mass is 16.3. The van der Waals surface area contributed by atoms with Crippen molar-refractivity contribution < 1.29 is 5.11 Å². The zero-order valence-electron chi connectivity index (χ0n) is 12.4. The molecule has 0 bridgehead atoms. The number of hydrogen-bond acceptors (Lipinski definition) is 5. The van der Waals surface area contributed by atoms with Gasteiger partial charge in [0, 0.05) is 11.4 Å². The average Bonchev–Trinajstić information content (AvgIpc) is 3.10. The normalized spacial score (nSPS) is 12.1. The van der Waals surface area contributed by atoms with Gasteiger partial charge in [-0.15, -0.1) is 10.2 Å². The van der Waals surface area contributed by atoms with Gasteiger partial charge >= 0.3 is 0 Å². The number of rotatable bonds is 2. The molecular weight excluding hydrogens is 290 g/mol. The third kappa shape index (κ3) is 2.30. The summed E-state index contributed by atoms with van der Waals surface area (Å²) in [6.45, 7) is 1.93.